The zero-order valence-corrected chi connectivity index (χ0v) is 15.5. The number of carbonyl (C=O) groups is 2. The Labute approximate surface area is 148 Å². The van der Waals surface area contributed by atoms with Gasteiger partial charge in [0.15, 0.2) is 5.96 Å². The number of methoxy groups -OCH3 is 1. The quantitative estimate of drug-likeness (QED) is 0.295. The van der Waals surface area contributed by atoms with Crippen molar-refractivity contribution in [1.82, 2.24) is 15.5 Å². The maximum Gasteiger partial charge on any atom is 0.308 e. The number of nitrogens with one attached hydrogen (secondary N) is 2. The van der Waals surface area contributed by atoms with E-state index >= 15 is 0 Å². The monoisotopic (exact) mass is 424 g/mol. The summed E-state index contributed by atoms with van der Waals surface area (Å²) in [6, 6.07) is 0.372. The molecule has 0 atom stereocenters. The molecule has 1 saturated heterocycles. The molecule has 0 radical (unpaired) electrons. The molecule has 2 N–H and O–H groups in total. The van der Waals surface area contributed by atoms with E-state index in [1.165, 1.54) is 7.11 Å². The first-order chi connectivity index (χ1) is 10.1. The van der Waals surface area contributed by atoms with Crippen LogP contribution in [0.4, 0.5) is 0 Å². The fraction of sp³-hybridized carbons (Fsp3) is 0.786. The van der Waals surface area contributed by atoms with Crippen molar-refractivity contribution >= 4 is 41.8 Å². The van der Waals surface area contributed by atoms with Gasteiger partial charge < -0.3 is 20.3 Å². The third-order valence-electron chi connectivity index (χ3n) is 3.89. The van der Waals surface area contributed by atoms with Gasteiger partial charge in [-0.3, -0.25) is 14.6 Å². The van der Waals surface area contributed by atoms with Gasteiger partial charge in [0.05, 0.1) is 19.6 Å². The summed E-state index contributed by atoms with van der Waals surface area (Å²) in [6.07, 6.45) is 3.67. The molecule has 0 aromatic rings. The summed E-state index contributed by atoms with van der Waals surface area (Å²) in [5, 5.41) is 6.01. The lowest BCUT2D eigenvalue weighted by Crippen LogP contribution is -2.49. The molecule has 7 nitrogen and oxygen atoms in total. The number of esters is 1. The number of piperidine rings is 1. The molecule has 0 aromatic heterocycles. The van der Waals surface area contributed by atoms with Crippen molar-refractivity contribution in [2.45, 2.75) is 31.7 Å². The molecule has 1 amide bonds. The van der Waals surface area contributed by atoms with E-state index in [0.29, 0.717) is 12.0 Å². The van der Waals surface area contributed by atoms with Gasteiger partial charge in [-0.05, 0) is 25.7 Å². The summed E-state index contributed by atoms with van der Waals surface area (Å²) in [7, 11) is 3.13. The molecule has 22 heavy (non-hydrogen) atoms. The maximum atomic E-state index is 11.7. The van der Waals surface area contributed by atoms with E-state index in [2.05, 4.69) is 20.5 Å². The van der Waals surface area contributed by atoms with E-state index in [-0.39, 0.29) is 48.3 Å². The topological polar surface area (TPSA) is 83.0 Å². The molecule has 1 aliphatic heterocycles. The van der Waals surface area contributed by atoms with E-state index in [1.807, 2.05) is 0 Å². The van der Waals surface area contributed by atoms with Crippen molar-refractivity contribution in [3.63, 3.8) is 0 Å². The average molecular weight is 424 g/mol. The van der Waals surface area contributed by atoms with Crippen molar-refractivity contribution < 1.29 is 14.3 Å². The standard InChI is InChI=1S/C14H24N4O3.HI/c1-15-14(16-9-12(19)17-11-3-4-11)18-7-5-10(6-8-18)13(20)21-2;/h10-11H,3-9H2,1-2H3,(H,15,16)(H,17,19);1H. The molecule has 2 rings (SSSR count). The Bertz CT molecular complexity index is 418. The second-order valence-corrected chi connectivity index (χ2v) is 5.53. The van der Waals surface area contributed by atoms with Crippen molar-refractivity contribution in [1.29, 1.82) is 0 Å². The Hall–Kier alpha value is -1.06. The lowest BCUT2D eigenvalue weighted by molar-refractivity contribution is -0.146. The molecular formula is C14H25IN4O3. The molecule has 0 bridgehead atoms. The third kappa shape index (κ3) is 5.62. The minimum atomic E-state index is -0.138. The maximum absolute atomic E-state index is 11.7. The summed E-state index contributed by atoms with van der Waals surface area (Å²) in [6.45, 7) is 1.72. The molecule has 0 unspecified atom stereocenters. The molecular weight excluding hydrogens is 399 g/mol. The zero-order chi connectivity index (χ0) is 15.2. The molecule has 2 fully saturated rings. The first kappa shape index (κ1) is 19.0. The number of amides is 1. The van der Waals surface area contributed by atoms with Gasteiger partial charge in [-0.25, -0.2) is 0 Å². The summed E-state index contributed by atoms with van der Waals surface area (Å²) < 4.78 is 4.78. The normalized spacial score (nSPS) is 19.2. The van der Waals surface area contributed by atoms with Crippen molar-refractivity contribution in [2.24, 2.45) is 10.9 Å². The van der Waals surface area contributed by atoms with Crippen molar-refractivity contribution in [2.75, 3.05) is 33.8 Å². The van der Waals surface area contributed by atoms with Crippen LogP contribution in [0.3, 0.4) is 0 Å². The highest BCUT2D eigenvalue weighted by atomic mass is 127. The first-order valence-electron chi connectivity index (χ1n) is 7.46. The van der Waals surface area contributed by atoms with Gasteiger partial charge in [-0.1, -0.05) is 0 Å². The van der Waals surface area contributed by atoms with Gasteiger partial charge in [0.25, 0.3) is 0 Å². The molecule has 0 aromatic carbocycles. The average Bonchev–Trinajstić information content (AvgIpc) is 3.31. The van der Waals surface area contributed by atoms with Gasteiger partial charge in [-0.2, -0.15) is 0 Å². The van der Waals surface area contributed by atoms with Crippen LogP contribution in [0.15, 0.2) is 4.99 Å². The summed E-state index contributed by atoms with van der Waals surface area (Å²) in [5.74, 6) is 0.552. The number of halogens is 1. The van der Waals surface area contributed by atoms with Crippen LogP contribution >= 0.6 is 24.0 Å². The lowest BCUT2D eigenvalue weighted by atomic mass is 9.97. The van der Waals surface area contributed by atoms with Crippen LogP contribution < -0.4 is 10.6 Å². The number of rotatable bonds is 4. The lowest BCUT2D eigenvalue weighted by Gasteiger charge is -2.33. The van der Waals surface area contributed by atoms with Gasteiger partial charge in [0, 0.05) is 26.2 Å². The third-order valence-corrected chi connectivity index (χ3v) is 3.89. The highest BCUT2D eigenvalue weighted by molar-refractivity contribution is 14.0. The van der Waals surface area contributed by atoms with Crippen LogP contribution in [-0.4, -0.2) is 62.6 Å². The molecule has 8 heteroatoms. The van der Waals surface area contributed by atoms with E-state index < -0.39 is 0 Å². The van der Waals surface area contributed by atoms with E-state index in [1.54, 1.807) is 7.05 Å². The number of carbonyl (C=O) groups excluding carboxylic acids is 2. The minimum Gasteiger partial charge on any atom is -0.469 e. The smallest absolute Gasteiger partial charge is 0.308 e. The molecule has 126 valence electrons. The number of hydrogen-bond donors (Lipinski definition) is 2. The second kappa shape index (κ2) is 9.16. The van der Waals surface area contributed by atoms with Gasteiger partial charge in [-0.15, -0.1) is 24.0 Å². The van der Waals surface area contributed by atoms with Crippen LogP contribution in [0, 0.1) is 5.92 Å². The van der Waals surface area contributed by atoms with Crippen LogP contribution in [0.1, 0.15) is 25.7 Å². The molecule has 2 aliphatic rings. The van der Waals surface area contributed by atoms with Crippen LogP contribution in [0.25, 0.3) is 0 Å². The summed E-state index contributed by atoms with van der Waals surface area (Å²) >= 11 is 0. The predicted octanol–water partition coefficient (Wildman–Crippen LogP) is 0.343. The van der Waals surface area contributed by atoms with Crippen LogP contribution in [0.2, 0.25) is 0 Å². The fourth-order valence-corrected chi connectivity index (χ4v) is 2.49. The van der Waals surface area contributed by atoms with Crippen molar-refractivity contribution in [3.05, 3.63) is 0 Å². The van der Waals surface area contributed by atoms with Crippen molar-refractivity contribution in [3.8, 4) is 0 Å². The van der Waals surface area contributed by atoms with E-state index in [9.17, 15) is 9.59 Å². The van der Waals surface area contributed by atoms with E-state index in [4.69, 9.17) is 4.74 Å². The SMILES string of the molecule is CN=C(NCC(=O)NC1CC1)N1CCC(C(=O)OC)CC1.I. The van der Waals surface area contributed by atoms with Gasteiger partial charge in [0.2, 0.25) is 5.91 Å². The number of hydrogen-bond acceptors (Lipinski definition) is 4. The van der Waals surface area contributed by atoms with Gasteiger partial charge in [0.1, 0.15) is 0 Å². The summed E-state index contributed by atoms with van der Waals surface area (Å²) in [4.78, 5) is 29.4. The minimum absolute atomic E-state index is 0. The van der Waals surface area contributed by atoms with E-state index in [0.717, 1.165) is 38.8 Å². The Balaban J connectivity index is 0.00000242. The number of aliphatic imine (C=N–C) groups is 1. The number of guanidine groups is 1. The molecule has 0 spiro atoms. The highest BCUT2D eigenvalue weighted by Gasteiger charge is 2.27. The zero-order valence-electron chi connectivity index (χ0n) is 13.1. The Morgan fingerprint density at radius 2 is 1.86 bits per heavy atom. The van der Waals surface area contributed by atoms with Crippen LogP contribution in [-0.2, 0) is 14.3 Å². The number of nitrogens with zero attached hydrogens (tertiary/aromatic N) is 2. The Kier molecular flexibility index (Phi) is 7.91. The fourth-order valence-electron chi connectivity index (χ4n) is 2.49. The Morgan fingerprint density at radius 3 is 2.36 bits per heavy atom. The van der Waals surface area contributed by atoms with Crippen LogP contribution in [0.5, 0.6) is 0 Å². The number of likely N-dealkylation sites (tertiary alicyclic amines) is 1. The summed E-state index contributed by atoms with van der Waals surface area (Å²) in [5.41, 5.74) is 0. The highest BCUT2D eigenvalue weighted by Crippen LogP contribution is 2.19. The predicted molar refractivity (Wildman–Crippen MR) is 94.3 cm³/mol. The molecule has 1 heterocycles. The molecule has 1 aliphatic carbocycles. The second-order valence-electron chi connectivity index (χ2n) is 5.53. The van der Waals surface area contributed by atoms with Gasteiger partial charge >= 0.3 is 5.97 Å². The number of ether oxygens (including phenoxy) is 1. The molecule has 1 saturated carbocycles. The first-order valence-corrected chi connectivity index (χ1v) is 7.46. The largest absolute Gasteiger partial charge is 0.469 e. The Morgan fingerprint density at radius 1 is 1.23 bits per heavy atom.